The van der Waals surface area contributed by atoms with Gasteiger partial charge >= 0.3 is 0 Å². The van der Waals surface area contributed by atoms with Crippen molar-refractivity contribution < 1.29 is 4.79 Å². The van der Waals surface area contributed by atoms with Gasteiger partial charge in [-0.05, 0) is 55.6 Å². The molecule has 0 fully saturated rings. The summed E-state index contributed by atoms with van der Waals surface area (Å²) in [5.74, 6) is 0.132. The average Bonchev–Trinajstić information content (AvgIpc) is 2.31. The van der Waals surface area contributed by atoms with E-state index >= 15 is 0 Å². The summed E-state index contributed by atoms with van der Waals surface area (Å²) in [6.07, 6.45) is 0.462. The number of aliphatic imine (C=N–C) groups is 1. The molecule has 0 spiro atoms. The van der Waals surface area contributed by atoms with Gasteiger partial charge in [-0.3, -0.25) is 4.79 Å². The second kappa shape index (κ2) is 7.66. The summed E-state index contributed by atoms with van der Waals surface area (Å²) in [4.78, 5) is 14.6. The minimum Gasteiger partial charge on any atom is -0.362 e. The van der Waals surface area contributed by atoms with Gasteiger partial charge in [0.05, 0.1) is 10.8 Å². The lowest BCUT2D eigenvalue weighted by Gasteiger charge is -2.09. The van der Waals surface area contributed by atoms with E-state index in [9.17, 15) is 4.79 Å². The Hall–Kier alpha value is -1.62. The fourth-order valence-corrected chi connectivity index (χ4v) is 1.52. The van der Waals surface area contributed by atoms with Crippen LogP contribution in [-0.2, 0) is 4.79 Å². The number of Topliss-reactive ketones (excluding diaryl/α,β-unsaturated/α-hetero) is 1. The van der Waals surface area contributed by atoms with E-state index in [0.29, 0.717) is 18.1 Å². The van der Waals surface area contributed by atoms with Crippen molar-refractivity contribution in [3.63, 3.8) is 0 Å². The average molecular weight is 279 g/mol. The highest BCUT2D eigenvalue weighted by Crippen LogP contribution is 2.15. The standard InChI is InChI=1S/C12H13N3OS2/c1-9(16)6-7-13-12(18)15-11-4-2-10(3-5-11)14-8-17/h2-5H,6-7H2,1H3,(H2,13,15,18). The summed E-state index contributed by atoms with van der Waals surface area (Å²) in [5.41, 5.74) is 1.59. The highest BCUT2D eigenvalue weighted by molar-refractivity contribution is 7.80. The third-order valence-corrected chi connectivity index (χ3v) is 2.40. The Bertz CT molecular complexity index is 479. The van der Waals surface area contributed by atoms with E-state index < -0.39 is 0 Å². The minimum absolute atomic E-state index is 0.132. The van der Waals surface area contributed by atoms with Crippen molar-refractivity contribution >= 4 is 51.9 Å². The van der Waals surface area contributed by atoms with Crippen LogP contribution in [-0.4, -0.2) is 22.6 Å². The van der Waals surface area contributed by atoms with Gasteiger partial charge in [0.15, 0.2) is 5.11 Å². The molecule has 94 valence electrons. The Labute approximate surface area is 116 Å². The third-order valence-electron chi connectivity index (χ3n) is 2.06. The number of ketones is 1. The number of rotatable bonds is 5. The van der Waals surface area contributed by atoms with Crippen LogP contribution in [0.15, 0.2) is 29.3 Å². The predicted molar refractivity (Wildman–Crippen MR) is 80.6 cm³/mol. The Kier molecular flexibility index (Phi) is 6.14. The molecule has 0 aliphatic rings. The lowest BCUT2D eigenvalue weighted by Crippen LogP contribution is -2.30. The predicted octanol–water partition coefficient (Wildman–Crippen LogP) is 2.69. The number of thiocarbonyl (C=S) groups is 2. The summed E-state index contributed by atoms with van der Waals surface area (Å²) in [7, 11) is 0. The Balaban J connectivity index is 2.44. The third kappa shape index (κ3) is 5.63. The van der Waals surface area contributed by atoms with Gasteiger partial charge in [0.2, 0.25) is 0 Å². The zero-order chi connectivity index (χ0) is 13.4. The van der Waals surface area contributed by atoms with Gasteiger partial charge in [-0.15, -0.1) is 0 Å². The van der Waals surface area contributed by atoms with E-state index in [0.717, 1.165) is 11.4 Å². The monoisotopic (exact) mass is 279 g/mol. The van der Waals surface area contributed by atoms with Crippen molar-refractivity contribution in [3.8, 4) is 0 Å². The Morgan fingerprint density at radius 3 is 2.61 bits per heavy atom. The minimum atomic E-state index is 0.132. The first kappa shape index (κ1) is 14.4. The van der Waals surface area contributed by atoms with Crippen LogP contribution in [0.5, 0.6) is 0 Å². The molecule has 1 aromatic rings. The van der Waals surface area contributed by atoms with E-state index in [4.69, 9.17) is 12.2 Å². The molecular formula is C12H13N3OS2. The van der Waals surface area contributed by atoms with Gasteiger partial charge in [-0.25, -0.2) is 0 Å². The van der Waals surface area contributed by atoms with E-state index in [-0.39, 0.29) is 5.78 Å². The molecule has 0 heterocycles. The summed E-state index contributed by atoms with van der Waals surface area (Å²) < 4.78 is 0. The smallest absolute Gasteiger partial charge is 0.170 e. The zero-order valence-corrected chi connectivity index (χ0v) is 11.5. The van der Waals surface area contributed by atoms with Crippen molar-refractivity contribution in [2.24, 2.45) is 4.99 Å². The second-order valence-corrected chi connectivity index (χ2v) is 4.17. The van der Waals surface area contributed by atoms with Gasteiger partial charge < -0.3 is 10.6 Å². The number of anilines is 1. The number of hydrogen-bond acceptors (Lipinski definition) is 4. The number of carbonyl (C=O) groups is 1. The van der Waals surface area contributed by atoms with Crippen LogP contribution in [0.3, 0.4) is 0 Å². The fraction of sp³-hybridized carbons (Fsp3) is 0.250. The van der Waals surface area contributed by atoms with Gasteiger partial charge in [0.1, 0.15) is 5.78 Å². The molecule has 0 saturated carbocycles. The van der Waals surface area contributed by atoms with E-state index in [1.807, 2.05) is 12.1 Å². The normalized spacial score (nSPS) is 9.17. The van der Waals surface area contributed by atoms with Gasteiger partial charge in [-0.2, -0.15) is 4.99 Å². The summed E-state index contributed by atoms with van der Waals surface area (Å²) in [6, 6.07) is 7.29. The quantitative estimate of drug-likeness (QED) is 0.641. The molecule has 0 aliphatic heterocycles. The maximum atomic E-state index is 10.8. The topological polar surface area (TPSA) is 53.5 Å². The van der Waals surface area contributed by atoms with Crippen molar-refractivity contribution in [1.29, 1.82) is 0 Å². The fourth-order valence-electron chi connectivity index (χ4n) is 1.20. The molecule has 0 aromatic heterocycles. The lowest BCUT2D eigenvalue weighted by molar-refractivity contribution is -0.116. The first-order valence-electron chi connectivity index (χ1n) is 5.34. The number of benzene rings is 1. The molecule has 0 atom stereocenters. The molecule has 18 heavy (non-hydrogen) atoms. The van der Waals surface area contributed by atoms with Crippen molar-refractivity contribution in [2.45, 2.75) is 13.3 Å². The molecule has 6 heteroatoms. The number of hydrogen-bond donors (Lipinski definition) is 2. The summed E-state index contributed by atoms with van der Waals surface area (Å²) in [5, 5.41) is 8.74. The van der Waals surface area contributed by atoms with E-state index in [1.165, 1.54) is 0 Å². The first-order chi connectivity index (χ1) is 8.61. The van der Waals surface area contributed by atoms with Crippen LogP contribution in [0.1, 0.15) is 13.3 Å². The van der Waals surface area contributed by atoms with Gasteiger partial charge in [-0.1, -0.05) is 0 Å². The summed E-state index contributed by atoms with van der Waals surface area (Å²) in [6.45, 7) is 2.09. The largest absolute Gasteiger partial charge is 0.362 e. The van der Waals surface area contributed by atoms with Gasteiger partial charge in [0.25, 0.3) is 0 Å². The Morgan fingerprint density at radius 1 is 1.39 bits per heavy atom. The van der Waals surface area contributed by atoms with E-state index in [1.54, 1.807) is 19.1 Å². The molecule has 1 rings (SSSR count). The molecule has 0 bridgehead atoms. The number of nitrogens with one attached hydrogen (secondary N) is 2. The molecule has 0 amide bonds. The van der Waals surface area contributed by atoms with Crippen LogP contribution < -0.4 is 10.6 Å². The van der Waals surface area contributed by atoms with Crippen molar-refractivity contribution in [3.05, 3.63) is 24.3 Å². The van der Waals surface area contributed by atoms with Gasteiger partial charge in [0, 0.05) is 18.7 Å². The second-order valence-electron chi connectivity index (χ2n) is 3.58. The number of nitrogens with zero attached hydrogens (tertiary/aromatic N) is 1. The zero-order valence-electron chi connectivity index (χ0n) is 9.90. The summed E-state index contributed by atoms with van der Waals surface area (Å²) >= 11 is 9.60. The van der Waals surface area contributed by atoms with Crippen molar-refractivity contribution in [1.82, 2.24) is 5.32 Å². The van der Waals surface area contributed by atoms with Crippen molar-refractivity contribution in [2.75, 3.05) is 11.9 Å². The highest BCUT2D eigenvalue weighted by Gasteiger charge is 1.98. The molecule has 2 N–H and O–H groups in total. The van der Waals surface area contributed by atoms with Crippen LogP contribution in [0.2, 0.25) is 0 Å². The van der Waals surface area contributed by atoms with E-state index in [2.05, 4.69) is 33.0 Å². The number of isothiocyanates is 1. The molecule has 0 radical (unpaired) electrons. The van der Waals surface area contributed by atoms with Crippen LogP contribution in [0, 0.1) is 0 Å². The maximum absolute atomic E-state index is 10.8. The van der Waals surface area contributed by atoms with Crippen LogP contribution >= 0.6 is 24.4 Å². The molecule has 0 saturated heterocycles. The molecular weight excluding hydrogens is 266 g/mol. The maximum Gasteiger partial charge on any atom is 0.170 e. The Morgan fingerprint density at radius 2 is 2.06 bits per heavy atom. The number of carbonyl (C=O) groups excluding carboxylic acids is 1. The lowest BCUT2D eigenvalue weighted by atomic mass is 10.3. The molecule has 0 aliphatic carbocycles. The van der Waals surface area contributed by atoms with Crippen LogP contribution in [0.25, 0.3) is 0 Å². The highest BCUT2D eigenvalue weighted by atomic mass is 32.1. The first-order valence-corrected chi connectivity index (χ1v) is 6.15. The molecule has 1 aromatic carbocycles. The molecule has 4 nitrogen and oxygen atoms in total. The van der Waals surface area contributed by atoms with Crippen LogP contribution in [0.4, 0.5) is 11.4 Å². The SMILES string of the molecule is CC(=O)CCNC(=S)Nc1ccc(N=C=S)cc1. The molecule has 0 unspecified atom stereocenters.